The number of allylic oxidation sites excluding steroid dienone is 2. The van der Waals surface area contributed by atoms with Crippen molar-refractivity contribution < 1.29 is 9.47 Å². The maximum absolute atomic E-state index is 6.06. The third-order valence-corrected chi connectivity index (χ3v) is 5.35. The molecule has 0 saturated heterocycles. The molecular formula is C21H21N3O2S. The standard InChI is InChI=1S/C21H21N3O2S/c1-15-12-21(27-23-15)16-4-3-9-24(14-16)10-11-26-20-7-8-22-19-13-17(25-2)5-6-18(19)20/h3-8,12-14H,9-11H2,1-2H3. The van der Waals surface area contributed by atoms with Crippen molar-refractivity contribution in [3.63, 3.8) is 0 Å². The summed E-state index contributed by atoms with van der Waals surface area (Å²) in [5.74, 6) is 1.64. The topological polar surface area (TPSA) is 47.5 Å². The SMILES string of the molecule is COc1ccc2c(OCCN3C=C(c4cc(C)ns4)C=CC3)ccnc2c1. The van der Waals surface area contributed by atoms with E-state index >= 15 is 0 Å². The van der Waals surface area contributed by atoms with Crippen LogP contribution < -0.4 is 9.47 Å². The minimum absolute atomic E-state index is 0.602. The highest BCUT2D eigenvalue weighted by Gasteiger charge is 2.10. The summed E-state index contributed by atoms with van der Waals surface area (Å²) < 4.78 is 15.7. The monoisotopic (exact) mass is 379 g/mol. The maximum atomic E-state index is 6.06. The van der Waals surface area contributed by atoms with Crippen LogP contribution in [0, 0.1) is 6.92 Å². The number of fused-ring (bicyclic) bond motifs is 1. The summed E-state index contributed by atoms with van der Waals surface area (Å²) in [7, 11) is 1.66. The Bertz CT molecular complexity index is 1010. The predicted octanol–water partition coefficient (Wildman–Crippen LogP) is 4.30. The molecule has 0 radical (unpaired) electrons. The van der Waals surface area contributed by atoms with E-state index in [1.807, 2.05) is 31.2 Å². The van der Waals surface area contributed by atoms with Crippen molar-refractivity contribution in [2.24, 2.45) is 0 Å². The molecule has 0 spiro atoms. The van der Waals surface area contributed by atoms with Gasteiger partial charge in [-0.15, -0.1) is 0 Å². The van der Waals surface area contributed by atoms with Crippen LogP contribution in [0.5, 0.6) is 11.5 Å². The number of pyridine rings is 1. The van der Waals surface area contributed by atoms with Gasteiger partial charge in [-0.3, -0.25) is 4.98 Å². The number of ether oxygens (including phenoxy) is 2. The van der Waals surface area contributed by atoms with E-state index < -0.39 is 0 Å². The van der Waals surface area contributed by atoms with Crippen molar-refractivity contribution >= 4 is 28.0 Å². The fraction of sp³-hybridized carbons (Fsp3) is 0.238. The summed E-state index contributed by atoms with van der Waals surface area (Å²) in [5, 5.41) is 0.994. The molecule has 3 aromatic rings. The quantitative estimate of drug-likeness (QED) is 0.639. The molecule has 0 unspecified atom stereocenters. The molecule has 0 N–H and O–H groups in total. The molecule has 4 rings (SSSR count). The largest absolute Gasteiger partial charge is 0.497 e. The number of hydrogen-bond donors (Lipinski definition) is 0. The van der Waals surface area contributed by atoms with Crippen molar-refractivity contribution in [1.29, 1.82) is 0 Å². The number of aromatic nitrogens is 2. The Labute approximate surface area is 162 Å². The molecule has 5 nitrogen and oxygen atoms in total. The number of aryl methyl sites for hydroxylation is 1. The van der Waals surface area contributed by atoms with E-state index in [4.69, 9.17) is 9.47 Å². The number of nitrogens with zero attached hydrogens (tertiary/aromatic N) is 3. The zero-order chi connectivity index (χ0) is 18.6. The first kappa shape index (κ1) is 17.5. The average Bonchev–Trinajstić information content (AvgIpc) is 3.14. The van der Waals surface area contributed by atoms with Gasteiger partial charge in [0.1, 0.15) is 18.1 Å². The fourth-order valence-corrected chi connectivity index (χ4v) is 3.78. The van der Waals surface area contributed by atoms with Crippen LogP contribution in [-0.4, -0.2) is 41.1 Å². The lowest BCUT2D eigenvalue weighted by molar-refractivity contribution is 0.266. The first-order valence-corrected chi connectivity index (χ1v) is 9.62. The van der Waals surface area contributed by atoms with Gasteiger partial charge in [0, 0.05) is 36.0 Å². The third kappa shape index (κ3) is 3.95. The van der Waals surface area contributed by atoms with Crippen LogP contribution in [0.1, 0.15) is 10.6 Å². The minimum Gasteiger partial charge on any atom is -0.497 e. The van der Waals surface area contributed by atoms with Gasteiger partial charge in [0.15, 0.2) is 0 Å². The van der Waals surface area contributed by atoms with Gasteiger partial charge in [0.05, 0.1) is 29.7 Å². The zero-order valence-corrected chi connectivity index (χ0v) is 16.2. The summed E-state index contributed by atoms with van der Waals surface area (Å²) in [5.41, 5.74) is 3.13. The highest BCUT2D eigenvalue weighted by Crippen LogP contribution is 2.27. The van der Waals surface area contributed by atoms with Gasteiger partial charge in [0.2, 0.25) is 0 Å². The molecule has 1 aliphatic heterocycles. The fourth-order valence-electron chi connectivity index (χ4n) is 3.04. The Morgan fingerprint density at radius 2 is 2.15 bits per heavy atom. The van der Waals surface area contributed by atoms with Gasteiger partial charge >= 0.3 is 0 Å². The molecule has 0 bridgehead atoms. The lowest BCUT2D eigenvalue weighted by atomic mass is 10.1. The molecular weight excluding hydrogens is 358 g/mol. The molecule has 0 amide bonds. The van der Waals surface area contributed by atoms with E-state index in [2.05, 4.69) is 38.7 Å². The normalized spacial score (nSPS) is 13.7. The van der Waals surface area contributed by atoms with Gasteiger partial charge in [0.25, 0.3) is 0 Å². The summed E-state index contributed by atoms with van der Waals surface area (Å²) >= 11 is 1.54. The maximum Gasteiger partial charge on any atom is 0.130 e. The first-order chi connectivity index (χ1) is 13.2. The number of hydrogen-bond acceptors (Lipinski definition) is 6. The van der Waals surface area contributed by atoms with E-state index in [1.165, 1.54) is 22.0 Å². The van der Waals surface area contributed by atoms with Crippen molar-refractivity contribution in [2.45, 2.75) is 6.92 Å². The van der Waals surface area contributed by atoms with Crippen molar-refractivity contribution in [1.82, 2.24) is 14.3 Å². The van der Waals surface area contributed by atoms with Gasteiger partial charge in [-0.2, -0.15) is 4.37 Å². The molecule has 138 valence electrons. The highest BCUT2D eigenvalue weighted by atomic mass is 32.1. The van der Waals surface area contributed by atoms with Gasteiger partial charge in [-0.05, 0) is 42.7 Å². The summed E-state index contributed by atoms with van der Waals surface area (Å²) in [6, 6.07) is 9.87. The molecule has 3 heterocycles. The van der Waals surface area contributed by atoms with Gasteiger partial charge in [-0.1, -0.05) is 12.2 Å². The predicted molar refractivity (Wildman–Crippen MR) is 109 cm³/mol. The number of methoxy groups -OCH3 is 1. The molecule has 1 aliphatic rings. The van der Waals surface area contributed by atoms with Crippen LogP contribution in [-0.2, 0) is 0 Å². The Balaban J connectivity index is 1.42. The zero-order valence-electron chi connectivity index (χ0n) is 15.4. The Morgan fingerprint density at radius 3 is 2.96 bits per heavy atom. The molecule has 0 fully saturated rings. The van der Waals surface area contributed by atoms with E-state index in [-0.39, 0.29) is 0 Å². The van der Waals surface area contributed by atoms with E-state index in [1.54, 1.807) is 13.3 Å². The van der Waals surface area contributed by atoms with Crippen LogP contribution in [0.3, 0.4) is 0 Å². The summed E-state index contributed by atoms with van der Waals surface area (Å²) in [4.78, 5) is 7.86. The molecule has 6 heteroatoms. The molecule has 0 atom stereocenters. The summed E-state index contributed by atoms with van der Waals surface area (Å²) in [6.45, 7) is 4.32. The van der Waals surface area contributed by atoms with Gasteiger partial charge in [-0.25, -0.2) is 0 Å². The molecule has 1 aromatic carbocycles. The second kappa shape index (κ2) is 7.80. The molecule has 0 saturated carbocycles. The minimum atomic E-state index is 0.602. The number of rotatable bonds is 6. The summed E-state index contributed by atoms with van der Waals surface area (Å²) in [6.07, 6.45) is 8.29. The first-order valence-electron chi connectivity index (χ1n) is 8.84. The van der Waals surface area contributed by atoms with Crippen LogP contribution in [0.25, 0.3) is 16.5 Å². The van der Waals surface area contributed by atoms with E-state index in [0.29, 0.717) is 6.61 Å². The van der Waals surface area contributed by atoms with Crippen molar-refractivity contribution in [3.8, 4) is 11.5 Å². The van der Waals surface area contributed by atoms with Crippen LogP contribution >= 0.6 is 11.5 Å². The van der Waals surface area contributed by atoms with Gasteiger partial charge < -0.3 is 14.4 Å². The molecule has 2 aromatic heterocycles. The molecule has 0 aliphatic carbocycles. The number of benzene rings is 1. The van der Waals surface area contributed by atoms with E-state index in [0.717, 1.165) is 41.2 Å². The lowest BCUT2D eigenvalue weighted by Crippen LogP contribution is -2.25. The molecule has 27 heavy (non-hydrogen) atoms. The average molecular weight is 379 g/mol. The third-order valence-electron chi connectivity index (χ3n) is 4.42. The van der Waals surface area contributed by atoms with Crippen molar-refractivity contribution in [3.05, 3.63) is 65.5 Å². The van der Waals surface area contributed by atoms with Crippen molar-refractivity contribution in [2.75, 3.05) is 26.8 Å². The Morgan fingerprint density at radius 1 is 1.22 bits per heavy atom. The smallest absolute Gasteiger partial charge is 0.130 e. The Hall–Kier alpha value is -2.86. The van der Waals surface area contributed by atoms with Crippen LogP contribution in [0.2, 0.25) is 0 Å². The lowest BCUT2D eigenvalue weighted by Gasteiger charge is -2.23. The second-order valence-corrected chi connectivity index (χ2v) is 7.16. The Kier molecular flexibility index (Phi) is 5.07. The van der Waals surface area contributed by atoms with Crippen LogP contribution in [0.4, 0.5) is 0 Å². The second-order valence-electron chi connectivity index (χ2n) is 6.35. The highest BCUT2D eigenvalue weighted by molar-refractivity contribution is 7.07. The van der Waals surface area contributed by atoms with E-state index in [9.17, 15) is 0 Å². The van der Waals surface area contributed by atoms with Crippen LogP contribution in [0.15, 0.2) is 54.9 Å².